The van der Waals surface area contributed by atoms with Crippen molar-refractivity contribution < 1.29 is 13.4 Å². The number of aromatic nitrogens is 1. The van der Waals surface area contributed by atoms with Crippen LogP contribution in [0.1, 0.15) is 27.0 Å². The molecular weight excluding hydrogens is 434 g/mol. The number of para-hydroxylation sites is 1. The first kappa shape index (κ1) is 22.7. The van der Waals surface area contributed by atoms with E-state index in [0.717, 1.165) is 43.9 Å². The Morgan fingerprint density at radius 3 is 2.42 bits per heavy atom. The molecule has 1 heterocycles. The molecule has 0 aliphatic rings. The highest BCUT2D eigenvalue weighted by molar-refractivity contribution is 7.84. The zero-order valence-electron chi connectivity index (χ0n) is 19.6. The van der Waals surface area contributed by atoms with Gasteiger partial charge < -0.3 is 14.6 Å². The predicted molar refractivity (Wildman–Crippen MR) is 134 cm³/mol. The van der Waals surface area contributed by atoms with Gasteiger partial charge >= 0.3 is 0 Å². The fourth-order valence-electron chi connectivity index (χ4n) is 3.96. The first-order chi connectivity index (χ1) is 15.7. The Kier molecular flexibility index (Phi) is 6.08. The van der Waals surface area contributed by atoms with Crippen molar-refractivity contribution in [3.63, 3.8) is 0 Å². The number of oxazole rings is 1. The number of aryl methyl sites for hydroxylation is 1. The minimum absolute atomic E-state index is 0.0332. The second-order valence-electron chi connectivity index (χ2n) is 8.34. The number of nitrogens with one attached hydrogen (secondary N) is 1. The Labute approximate surface area is 196 Å². The van der Waals surface area contributed by atoms with Crippen molar-refractivity contribution in [1.82, 2.24) is 9.88 Å². The Bertz CT molecular complexity index is 1410. The topological polar surface area (TPSA) is 75.4 Å². The molecule has 1 atom stereocenters. The first-order valence-corrected chi connectivity index (χ1v) is 12.2. The van der Waals surface area contributed by atoms with E-state index in [2.05, 4.69) is 10.3 Å². The Hall–Kier alpha value is -3.45. The van der Waals surface area contributed by atoms with Crippen LogP contribution in [-0.4, -0.2) is 40.4 Å². The molecule has 1 amide bonds. The van der Waals surface area contributed by atoms with Gasteiger partial charge in [0.15, 0.2) is 5.58 Å². The summed E-state index contributed by atoms with van der Waals surface area (Å²) < 4.78 is 18.2. The number of amides is 1. The maximum atomic E-state index is 12.3. The molecule has 1 unspecified atom stereocenters. The molecule has 0 aliphatic heterocycles. The summed E-state index contributed by atoms with van der Waals surface area (Å²) in [6, 6.07) is 15.7. The second kappa shape index (κ2) is 8.83. The standard InChI is InChI=1S/C26H27N3O3S/c1-15-14-18(10-11-19(15)25(30)29(4)5)27-26-28-22-9-7-8-21(24(22)32-26)20-12-13-23(33(6)31)17(3)16(20)2/h7-14H,1-6H3,(H,27,28). The van der Waals surface area contributed by atoms with Crippen LogP contribution in [-0.2, 0) is 10.8 Å². The van der Waals surface area contributed by atoms with E-state index in [1.165, 1.54) is 0 Å². The van der Waals surface area contributed by atoms with Crippen molar-refractivity contribution in [2.45, 2.75) is 25.7 Å². The molecule has 4 rings (SSSR count). The Balaban J connectivity index is 1.71. The molecule has 0 fully saturated rings. The Morgan fingerprint density at radius 1 is 1.00 bits per heavy atom. The van der Waals surface area contributed by atoms with E-state index >= 15 is 0 Å². The monoisotopic (exact) mass is 461 g/mol. The largest absolute Gasteiger partial charge is 0.423 e. The smallest absolute Gasteiger partial charge is 0.300 e. The summed E-state index contributed by atoms with van der Waals surface area (Å²) in [5.74, 6) is -0.0332. The lowest BCUT2D eigenvalue weighted by atomic mass is 9.96. The van der Waals surface area contributed by atoms with Crippen molar-refractivity contribution in [3.05, 3.63) is 70.8 Å². The van der Waals surface area contributed by atoms with Gasteiger partial charge in [0, 0.05) is 42.1 Å². The number of hydrogen-bond acceptors (Lipinski definition) is 5. The molecule has 7 heteroatoms. The van der Waals surface area contributed by atoms with Crippen LogP contribution in [0.4, 0.5) is 11.7 Å². The number of carbonyl (C=O) groups is 1. The van der Waals surface area contributed by atoms with Gasteiger partial charge in [0.2, 0.25) is 0 Å². The third kappa shape index (κ3) is 4.28. The molecule has 0 bridgehead atoms. The number of anilines is 2. The highest BCUT2D eigenvalue weighted by Gasteiger charge is 2.17. The number of rotatable bonds is 5. The zero-order valence-corrected chi connectivity index (χ0v) is 20.5. The summed E-state index contributed by atoms with van der Waals surface area (Å²) in [6.07, 6.45) is 1.70. The van der Waals surface area contributed by atoms with E-state index in [0.29, 0.717) is 17.2 Å². The molecule has 0 spiro atoms. The van der Waals surface area contributed by atoms with Crippen LogP contribution in [0.2, 0.25) is 0 Å². The molecule has 0 saturated carbocycles. The van der Waals surface area contributed by atoms with Crippen molar-refractivity contribution in [3.8, 4) is 11.1 Å². The van der Waals surface area contributed by atoms with Crippen LogP contribution in [0.25, 0.3) is 22.2 Å². The third-order valence-electron chi connectivity index (χ3n) is 5.87. The van der Waals surface area contributed by atoms with Gasteiger partial charge in [0.05, 0.1) is 10.8 Å². The quantitative estimate of drug-likeness (QED) is 0.418. The molecule has 6 nitrogen and oxygen atoms in total. The van der Waals surface area contributed by atoms with E-state index < -0.39 is 10.8 Å². The average molecular weight is 462 g/mol. The van der Waals surface area contributed by atoms with Gasteiger partial charge in [-0.05, 0) is 73.4 Å². The summed E-state index contributed by atoms with van der Waals surface area (Å²) in [7, 11) is 2.44. The summed E-state index contributed by atoms with van der Waals surface area (Å²) in [5, 5.41) is 3.22. The molecular formula is C26H27N3O3S. The molecule has 0 aliphatic carbocycles. The lowest BCUT2D eigenvalue weighted by Crippen LogP contribution is -2.22. The van der Waals surface area contributed by atoms with Crippen LogP contribution in [0.5, 0.6) is 0 Å². The average Bonchev–Trinajstić information content (AvgIpc) is 3.17. The van der Waals surface area contributed by atoms with Gasteiger partial charge in [-0.3, -0.25) is 9.00 Å². The van der Waals surface area contributed by atoms with E-state index in [9.17, 15) is 9.00 Å². The van der Waals surface area contributed by atoms with Gasteiger partial charge in [0.1, 0.15) is 5.52 Å². The summed E-state index contributed by atoms with van der Waals surface area (Å²) in [4.78, 5) is 19.3. The molecule has 0 radical (unpaired) electrons. The normalized spacial score (nSPS) is 12.1. The number of fused-ring (bicyclic) bond motifs is 1. The molecule has 4 aromatic rings. The maximum Gasteiger partial charge on any atom is 0.300 e. The van der Waals surface area contributed by atoms with E-state index in [1.54, 1.807) is 31.3 Å². The number of carbonyl (C=O) groups excluding carboxylic acids is 1. The van der Waals surface area contributed by atoms with Gasteiger partial charge in [-0.15, -0.1) is 0 Å². The minimum atomic E-state index is -1.04. The lowest BCUT2D eigenvalue weighted by Gasteiger charge is -2.13. The highest BCUT2D eigenvalue weighted by atomic mass is 32.2. The fraction of sp³-hybridized carbons (Fsp3) is 0.231. The van der Waals surface area contributed by atoms with Crippen molar-refractivity contribution >= 4 is 39.5 Å². The molecule has 3 aromatic carbocycles. The van der Waals surface area contributed by atoms with E-state index in [1.807, 2.05) is 63.2 Å². The summed E-state index contributed by atoms with van der Waals surface area (Å²) in [5.41, 5.74) is 7.79. The number of benzene rings is 3. The molecule has 0 saturated heterocycles. The van der Waals surface area contributed by atoms with Gasteiger partial charge in [0.25, 0.3) is 11.9 Å². The number of nitrogens with zero attached hydrogens (tertiary/aromatic N) is 2. The molecule has 170 valence electrons. The van der Waals surface area contributed by atoms with E-state index in [-0.39, 0.29) is 5.91 Å². The van der Waals surface area contributed by atoms with Crippen molar-refractivity contribution in [1.29, 1.82) is 0 Å². The molecule has 1 N–H and O–H groups in total. The number of hydrogen-bond donors (Lipinski definition) is 1. The Morgan fingerprint density at radius 2 is 1.76 bits per heavy atom. The maximum absolute atomic E-state index is 12.3. The van der Waals surface area contributed by atoms with Crippen LogP contribution < -0.4 is 5.32 Å². The highest BCUT2D eigenvalue weighted by Crippen LogP contribution is 2.35. The fourth-order valence-corrected chi connectivity index (χ4v) is 4.80. The van der Waals surface area contributed by atoms with Crippen molar-refractivity contribution in [2.24, 2.45) is 0 Å². The predicted octanol–water partition coefficient (Wildman–Crippen LogP) is 5.60. The lowest BCUT2D eigenvalue weighted by molar-refractivity contribution is 0.0827. The van der Waals surface area contributed by atoms with Crippen LogP contribution >= 0.6 is 0 Å². The van der Waals surface area contributed by atoms with Gasteiger partial charge in [-0.2, -0.15) is 4.98 Å². The van der Waals surface area contributed by atoms with Crippen molar-refractivity contribution in [2.75, 3.05) is 25.7 Å². The first-order valence-electron chi connectivity index (χ1n) is 10.6. The summed E-state index contributed by atoms with van der Waals surface area (Å²) in [6.45, 7) is 5.94. The molecule has 1 aromatic heterocycles. The van der Waals surface area contributed by atoms with E-state index in [4.69, 9.17) is 4.42 Å². The van der Waals surface area contributed by atoms with Crippen LogP contribution in [0, 0.1) is 20.8 Å². The molecule has 33 heavy (non-hydrogen) atoms. The van der Waals surface area contributed by atoms with Crippen LogP contribution in [0.15, 0.2) is 57.8 Å². The van der Waals surface area contributed by atoms with Gasteiger partial charge in [-0.1, -0.05) is 18.2 Å². The summed E-state index contributed by atoms with van der Waals surface area (Å²) >= 11 is 0. The minimum Gasteiger partial charge on any atom is -0.423 e. The zero-order chi connectivity index (χ0) is 23.9. The van der Waals surface area contributed by atoms with Gasteiger partial charge in [-0.25, -0.2) is 0 Å². The van der Waals surface area contributed by atoms with Crippen LogP contribution in [0.3, 0.4) is 0 Å². The third-order valence-corrected chi connectivity index (χ3v) is 6.93. The second-order valence-corrected chi connectivity index (χ2v) is 9.69. The SMILES string of the molecule is Cc1cc(Nc2nc3cccc(-c4ccc(S(C)=O)c(C)c4C)c3o2)ccc1C(=O)N(C)C.